The van der Waals surface area contributed by atoms with Gasteiger partial charge in [0.25, 0.3) is 0 Å². The molecular formula is C44H28. The van der Waals surface area contributed by atoms with Gasteiger partial charge >= 0.3 is 0 Å². The molecule has 0 aliphatic heterocycles. The first-order valence-electron chi connectivity index (χ1n) is 18.6. The lowest BCUT2D eigenvalue weighted by Crippen LogP contribution is -1.91. The molecule has 0 unspecified atom stereocenters. The van der Waals surface area contributed by atoms with Gasteiger partial charge in [0, 0.05) is 0 Å². The molecule has 9 rings (SSSR count). The van der Waals surface area contributed by atoms with Crippen LogP contribution in [-0.2, 0) is 0 Å². The first kappa shape index (κ1) is 18.1. The Morgan fingerprint density at radius 3 is 1.50 bits per heavy atom. The Kier molecular flexibility index (Phi) is 4.08. The monoisotopic (exact) mass is 564 g/mol. The Labute approximate surface area is 267 Å². The van der Waals surface area contributed by atoms with Crippen LogP contribution in [0.1, 0.15) is 11.0 Å². The Bertz CT molecular complexity index is 2900. The van der Waals surface area contributed by atoms with Crippen molar-refractivity contribution in [3.8, 4) is 33.4 Å². The van der Waals surface area contributed by atoms with Gasteiger partial charge in [-0.15, -0.1) is 0 Å². The molecule has 204 valence electrons. The molecule has 9 aromatic carbocycles. The molecule has 0 saturated carbocycles. The van der Waals surface area contributed by atoms with Gasteiger partial charge in [-0.05, 0) is 93.3 Å². The highest BCUT2D eigenvalue weighted by molar-refractivity contribution is 6.23. The fourth-order valence-electron chi connectivity index (χ4n) is 6.74. The molecule has 0 fully saturated rings. The standard InChI is InChI=1S/C44H28/c1-3-15-33-29(12-1)14-11-23-37(33)44-40-21-9-7-19-38(40)43(39-20-8-10-22-41(39)44)31-26-24-30(25-27-31)42-28-32-13-2-4-16-34(32)35-17-5-6-18-36(35)42/h1-28H/i7D,8D,9D,10D,19D,20D,21D,22D. The Balaban J connectivity index is 1.43. The van der Waals surface area contributed by atoms with E-state index in [1.807, 2.05) is 91.0 Å². The van der Waals surface area contributed by atoms with Crippen molar-refractivity contribution in [2.24, 2.45) is 0 Å². The first-order valence-corrected chi connectivity index (χ1v) is 14.6. The van der Waals surface area contributed by atoms with Crippen molar-refractivity contribution >= 4 is 53.9 Å². The van der Waals surface area contributed by atoms with Crippen molar-refractivity contribution in [1.29, 1.82) is 0 Å². The van der Waals surface area contributed by atoms with E-state index in [1.54, 1.807) is 0 Å². The van der Waals surface area contributed by atoms with Crippen LogP contribution in [0.3, 0.4) is 0 Å². The van der Waals surface area contributed by atoms with E-state index in [-0.39, 0.29) is 45.7 Å². The molecule has 0 aromatic heterocycles. The van der Waals surface area contributed by atoms with Gasteiger partial charge in [-0.25, -0.2) is 0 Å². The largest absolute Gasteiger partial charge is 0.0629 e. The molecule has 44 heavy (non-hydrogen) atoms. The maximum atomic E-state index is 9.29. The zero-order valence-corrected chi connectivity index (χ0v) is 23.5. The molecule has 0 bridgehead atoms. The summed E-state index contributed by atoms with van der Waals surface area (Å²) in [5.74, 6) is 0. The van der Waals surface area contributed by atoms with Crippen LogP contribution in [0.4, 0.5) is 0 Å². The molecular weight excluding hydrogens is 528 g/mol. The average molecular weight is 565 g/mol. The van der Waals surface area contributed by atoms with Gasteiger partial charge in [-0.3, -0.25) is 0 Å². The van der Waals surface area contributed by atoms with Gasteiger partial charge in [-0.1, -0.05) is 164 Å². The fraction of sp³-hybridized carbons (Fsp3) is 0. The van der Waals surface area contributed by atoms with Gasteiger partial charge in [0.2, 0.25) is 0 Å². The highest BCUT2D eigenvalue weighted by Gasteiger charge is 2.18. The molecule has 0 aliphatic rings. The summed E-state index contributed by atoms with van der Waals surface area (Å²) in [6.07, 6.45) is 0. The summed E-state index contributed by atoms with van der Waals surface area (Å²) in [4.78, 5) is 0. The lowest BCUT2D eigenvalue weighted by molar-refractivity contribution is 1.64. The average Bonchev–Trinajstić information content (AvgIpc) is 3.19. The summed E-state index contributed by atoms with van der Waals surface area (Å²) in [6, 6.07) is 37.0. The van der Waals surface area contributed by atoms with Crippen molar-refractivity contribution in [3.05, 3.63) is 170 Å². The zero-order chi connectivity index (χ0) is 36.0. The van der Waals surface area contributed by atoms with E-state index >= 15 is 0 Å². The molecule has 0 amide bonds. The maximum absolute atomic E-state index is 9.29. The van der Waals surface area contributed by atoms with Crippen LogP contribution in [0.2, 0.25) is 0 Å². The normalized spacial score (nSPS) is 14.2. The van der Waals surface area contributed by atoms with E-state index in [2.05, 4.69) is 30.3 Å². The third kappa shape index (κ3) is 3.78. The number of benzene rings is 9. The first-order chi connectivity index (χ1) is 25.2. The third-order valence-corrected chi connectivity index (χ3v) is 8.69. The molecule has 9 aromatic rings. The van der Waals surface area contributed by atoms with Gasteiger partial charge in [0.05, 0.1) is 11.0 Å². The second-order valence-electron chi connectivity index (χ2n) is 11.0. The smallest absolute Gasteiger partial charge is 0.0616 e. The quantitative estimate of drug-likeness (QED) is 0.148. The minimum atomic E-state index is -0.415. The second kappa shape index (κ2) is 9.93. The Morgan fingerprint density at radius 2 is 0.818 bits per heavy atom. The maximum Gasteiger partial charge on any atom is 0.0629 e. The Morgan fingerprint density at radius 1 is 0.318 bits per heavy atom. The van der Waals surface area contributed by atoms with E-state index in [9.17, 15) is 5.48 Å². The van der Waals surface area contributed by atoms with Crippen LogP contribution in [0.25, 0.3) is 87.2 Å². The summed E-state index contributed by atoms with van der Waals surface area (Å²) < 4.78 is 72.2. The molecule has 0 spiro atoms. The van der Waals surface area contributed by atoms with Gasteiger partial charge in [-0.2, -0.15) is 0 Å². The van der Waals surface area contributed by atoms with E-state index in [0.29, 0.717) is 22.3 Å². The predicted molar refractivity (Wildman–Crippen MR) is 190 cm³/mol. The molecule has 0 heteroatoms. The van der Waals surface area contributed by atoms with Crippen molar-refractivity contribution < 1.29 is 11.0 Å². The molecule has 0 aliphatic carbocycles. The summed E-state index contributed by atoms with van der Waals surface area (Å²) in [7, 11) is 0. The minimum absolute atomic E-state index is 0.204. The van der Waals surface area contributed by atoms with Crippen molar-refractivity contribution in [2.45, 2.75) is 0 Å². The van der Waals surface area contributed by atoms with E-state index in [1.165, 1.54) is 0 Å². The van der Waals surface area contributed by atoms with Gasteiger partial charge < -0.3 is 0 Å². The summed E-state index contributed by atoms with van der Waals surface area (Å²) in [5, 5.41) is 7.00. The highest BCUT2D eigenvalue weighted by atomic mass is 14.2. The minimum Gasteiger partial charge on any atom is -0.0616 e. The van der Waals surface area contributed by atoms with Crippen LogP contribution >= 0.6 is 0 Å². The number of hydrogen-bond donors (Lipinski definition) is 0. The van der Waals surface area contributed by atoms with Gasteiger partial charge in [0.1, 0.15) is 0 Å². The topological polar surface area (TPSA) is 0 Å². The fourth-order valence-corrected chi connectivity index (χ4v) is 6.74. The summed E-state index contributed by atoms with van der Waals surface area (Å²) in [5.41, 5.74) is 3.85. The zero-order valence-electron chi connectivity index (χ0n) is 31.5. The third-order valence-electron chi connectivity index (χ3n) is 8.69. The van der Waals surface area contributed by atoms with Crippen LogP contribution in [0.15, 0.2) is 170 Å². The lowest BCUT2D eigenvalue weighted by Gasteiger charge is -2.19. The summed E-state index contributed by atoms with van der Waals surface area (Å²) in [6.45, 7) is 0. The van der Waals surface area contributed by atoms with Crippen LogP contribution in [0.5, 0.6) is 0 Å². The second-order valence-corrected chi connectivity index (χ2v) is 11.0. The molecule has 0 radical (unpaired) electrons. The number of hydrogen-bond acceptors (Lipinski definition) is 0. The van der Waals surface area contributed by atoms with Crippen molar-refractivity contribution in [2.75, 3.05) is 0 Å². The van der Waals surface area contributed by atoms with Crippen LogP contribution in [0, 0.1) is 0 Å². The van der Waals surface area contributed by atoms with E-state index < -0.39 is 24.2 Å². The van der Waals surface area contributed by atoms with Gasteiger partial charge in [0.15, 0.2) is 0 Å². The highest BCUT2D eigenvalue weighted by Crippen LogP contribution is 2.45. The SMILES string of the molecule is [2H]c1c([2H])c([2H])c2c(-c3cccc4ccccc34)c3c([2H])c([2H])c([2H])c([2H])c3c(-c3ccc(-c4cc5ccccc5c5ccccc45)cc3)c2c1[2H]. The number of rotatable bonds is 3. The molecule has 0 N–H and O–H groups in total. The van der Waals surface area contributed by atoms with E-state index in [0.717, 1.165) is 43.4 Å². The molecule has 0 nitrogen and oxygen atoms in total. The molecule has 0 atom stereocenters. The predicted octanol–water partition coefficient (Wildman–Crippen LogP) is 12.5. The van der Waals surface area contributed by atoms with Crippen LogP contribution in [-0.4, -0.2) is 0 Å². The lowest BCUT2D eigenvalue weighted by atomic mass is 9.84. The Hall–Kier alpha value is -5.72. The molecule has 0 saturated heterocycles. The van der Waals surface area contributed by atoms with E-state index in [4.69, 9.17) is 5.48 Å². The summed E-state index contributed by atoms with van der Waals surface area (Å²) >= 11 is 0. The molecule has 0 heterocycles. The van der Waals surface area contributed by atoms with Crippen molar-refractivity contribution in [3.63, 3.8) is 0 Å². The number of fused-ring (bicyclic) bond motifs is 6. The van der Waals surface area contributed by atoms with Crippen molar-refractivity contribution in [1.82, 2.24) is 0 Å². The van der Waals surface area contributed by atoms with Crippen LogP contribution < -0.4 is 0 Å².